The molecule has 0 aliphatic carbocycles. The number of hydrogen-bond donors (Lipinski definition) is 1. The zero-order chi connectivity index (χ0) is 16.1. The van der Waals surface area contributed by atoms with Gasteiger partial charge in [0.15, 0.2) is 0 Å². The second-order valence-corrected chi connectivity index (χ2v) is 5.95. The normalized spacial score (nSPS) is 14.7. The molecule has 3 rings (SSSR count). The summed E-state index contributed by atoms with van der Waals surface area (Å²) < 4.78 is 0. The third-order valence-corrected chi connectivity index (χ3v) is 4.25. The van der Waals surface area contributed by atoms with E-state index >= 15 is 0 Å². The third kappa shape index (κ3) is 4.03. The smallest absolute Gasteiger partial charge is 0.317 e. The highest BCUT2D eigenvalue weighted by Gasteiger charge is 2.20. The first-order valence-corrected chi connectivity index (χ1v) is 8.11. The zero-order valence-corrected chi connectivity index (χ0v) is 13.5. The Balaban J connectivity index is 1.47. The standard InChI is InChI=1S/C19H23N3O/c1-16-7-9-17(10-8-16)15-20-19(23)22-13-11-21(12-14-22)18-5-3-2-4-6-18/h2-10H,11-15H2,1H3,(H,20,23). The zero-order valence-electron chi connectivity index (χ0n) is 13.5. The van der Waals surface area contributed by atoms with Crippen LogP contribution >= 0.6 is 0 Å². The number of nitrogens with zero attached hydrogens (tertiary/aromatic N) is 2. The third-order valence-electron chi connectivity index (χ3n) is 4.25. The summed E-state index contributed by atoms with van der Waals surface area (Å²) >= 11 is 0. The predicted molar refractivity (Wildman–Crippen MR) is 93.6 cm³/mol. The van der Waals surface area contributed by atoms with Gasteiger partial charge in [0.25, 0.3) is 0 Å². The minimum atomic E-state index is 0.0262. The van der Waals surface area contributed by atoms with Crippen LogP contribution in [0.5, 0.6) is 0 Å². The van der Waals surface area contributed by atoms with E-state index in [-0.39, 0.29) is 6.03 Å². The molecule has 4 heteroatoms. The molecule has 0 aromatic heterocycles. The van der Waals surface area contributed by atoms with Gasteiger partial charge in [-0.1, -0.05) is 48.0 Å². The number of amides is 2. The van der Waals surface area contributed by atoms with E-state index in [2.05, 4.69) is 65.7 Å². The van der Waals surface area contributed by atoms with Crippen LogP contribution in [0.4, 0.5) is 10.5 Å². The largest absolute Gasteiger partial charge is 0.368 e. The maximum atomic E-state index is 12.3. The average Bonchev–Trinajstić information content (AvgIpc) is 2.62. The van der Waals surface area contributed by atoms with Crippen molar-refractivity contribution in [3.8, 4) is 0 Å². The predicted octanol–water partition coefficient (Wildman–Crippen LogP) is 3.03. The topological polar surface area (TPSA) is 35.6 Å². The SMILES string of the molecule is Cc1ccc(CNC(=O)N2CCN(c3ccccc3)CC2)cc1. The molecule has 2 aromatic rings. The van der Waals surface area contributed by atoms with Gasteiger partial charge in [-0.2, -0.15) is 0 Å². The Hall–Kier alpha value is -2.49. The van der Waals surface area contributed by atoms with Crippen LogP contribution in [-0.4, -0.2) is 37.1 Å². The lowest BCUT2D eigenvalue weighted by atomic mass is 10.1. The quantitative estimate of drug-likeness (QED) is 0.946. The summed E-state index contributed by atoms with van der Waals surface area (Å²) in [6, 6.07) is 18.6. The lowest BCUT2D eigenvalue weighted by Crippen LogP contribution is -2.51. The lowest BCUT2D eigenvalue weighted by Gasteiger charge is -2.36. The van der Waals surface area contributed by atoms with Crippen molar-refractivity contribution in [3.63, 3.8) is 0 Å². The molecular formula is C19H23N3O. The lowest BCUT2D eigenvalue weighted by molar-refractivity contribution is 0.194. The second kappa shape index (κ2) is 7.18. The fourth-order valence-corrected chi connectivity index (χ4v) is 2.80. The molecule has 1 fully saturated rings. The highest BCUT2D eigenvalue weighted by atomic mass is 16.2. The molecule has 1 heterocycles. The van der Waals surface area contributed by atoms with Crippen molar-refractivity contribution < 1.29 is 4.79 Å². The van der Waals surface area contributed by atoms with Crippen LogP contribution in [0.3, 0.4) is 0 Å². The Morgan fingerprint density at radius 3 is 2.26 bits per heavy atom. The van der Waals surface area contributed by atoms with Gasteiger partial charge < -0.3 is 15.1 Å². The summed E-state index contributed by atoms with van der Waals surface area (Å²) in [5, 5.41) is 3.01. The molecule has 1 aliphatic heterocycles. The highest BCUT2D eigenvalue weighted by Crippen LogP contribution is 2.15. The Morgan fingerprint density at radius 1 is 0.957 bits per heavy atom. The summed E-state index contributed by atoms with van der Waals surface area (Å²) in [7, 11) is 0. The van der Waals surface area contributed by atoms with Crippen molar-refractivity contribution in [3.05, 3.63) is 65.7 Å². The maximum Gasteiger partial charge on any atom is 0.317 e. The molecule has 23 heavy (non-hydrogen) atoms. The molecule has 1 N–H and O–H groups in total. The van der Waals surface area contributed by atoms with E-state index in [9.17, 15) is 4.79 Å². The molecule has 0 atom stereocenters. The molecule has 0 bridgehead atoms. The monoisotopic (exact) mass is 309 g/mol. The van der Waals surface area contributed by atoms with Crippen LogP contribution in [0, 0.1) is 6.92 Å². The van der Waals surface area contributed by atoms with Gasteiger partial charge in [0.05, 0.1) is 0 Å². The second-order valence-electron chi connectivity index (χ2n) is 5.95. The van der Waals surface area contributed by atoms with E-state index in [0.717, 1.165) is 31.7 Å². The van der Waals surface area contributed by atoms with Crippen molar-refractivity contribution in [2.24, 2.45) is 0 Å². The minimum absolute atomic E-state index is 0.0262. The molecular weight excluding hydrogens is 286 g/mol. The fraction of sp³-hybridized carbons (Fsp3) is 0.316. The molecule has 0 saturated carbocycles. The van der Waals surface area contributed by atoms with Gasteiger partial charge >= 0.3 is 6.03 Å². The Bertz CT molecular complexity index is 631. The van der Waals surface area contributed by atoms with Crippen LogP contribution in [0.2, 0.25) is 0 Å². The van der Waals surface area contributed by atoms with Crippen LogP contribution < -0.4 is 10.2 Å². The number of anilines is 1. The van der Waals surface area contributed by atoms with E-state index in [1.165, 1.54) is 11.3 Å². The molecule has 0 unspecified atom stereocenters. The van der Waals surface area contributed by atoms with Gasteiger partial charge in [-0.3, -0.25) is 0 Å². The summed E-state index contributed by atoms with van der Waals surface area (Å²) in [4.78, 5) is 16.5. The van der Waals surface area contributed by atoms with Crippen LogP contribution in [-0.2, 0) is 6.54 Å². The van der Waals surface area contributed by atoms with Crippen molar-refractivity contribution in [1.29, 1.82) is 0 Å². The van der Waals surface area contributed by atoms with Gasteiger partial charge in [0, 0.05) is 38.4 Å². The molecule has 0 radical (unpaired) electrons. The number of rotatable bonds is 3. The Morgan fingerprint density at radius 2 is 1.61 bits per heavy atom. The number of carbonyl (C=O) groups excluding carboxylic acids is 1. The number of aryl methyl sites for hydroxylation is 1. The summed E-state index contributed by atoms with van der Waals surface area (Å²) in [5.41, 5.74) is 3.59. The van der Waals surface area contributed by atoms with E-state index in [1.807, 2.05) is 11.0 Å². The Labute approximate surface area is 137 Å². The number of urea groups is 1. The Kier molecular flexibility index (Phi) is 4.81. The molecule has 4 nitrogen and oxygen atoms in total. The van der Waals surface area contributed by atoms with Gasteiger partial charge in [-0.25, -0.2) is 4.79 Å². The first kappa shape index (κ1) is 15.4. The van der Waals surface area contributed by atoms with Gasteiger partial charge in [0.2, 0.25) is 0 Å². The van der Waals surface area contributed by atoms with Crippen LogP contribution in [0.15, 0.2) is 54.6 Å². The molecule has 1 saturated heterocycles. The van der Waals surface area contributed by atoms with Crippen molar-refractivity contribution >= 4 is 11.7 Å². The average molecular weight is 309 g/mol. The first-order valence-electron chi connectivity index (χ1n) is 8.11. The van der Waals surface area contributed by atoms with Gasteiger partial charge in [0.1, 0.15) is 0 Å². The van der Waals surface area contributed by atoms with E-state index in [1.54, 1.807) is 0 Å². The van der Waals surface area contributed by atoms with Crippen molar-refractivity contribution in [2.45, 2.75) is 13.5 Å². The fourth-order valence-electron chi connectivity index (χ4n) is 2.80. The van der Waals surface area contributed by atoms with Crippen molar-refractivity contribution in [1.82, 2.24) is 10.2 Å². The van der Waals surface area contributed by atoms with Crippen molar-refractivity contribution in [2.75, 3.05) is 31.1 Å². The minimum Gasteiger partial charge on any atom is -0.368 e. The molecule has 1 aliphatic rings. The summed E-state index contributed by atoms with van der Waals surface area (Å²) in [6.07, 6.45) is 0. The van der Waals surface area contributed by atoms with E-state index < -0.39 is 0 Å². The number of piperazine rings is 1. The maximum absolute atomic E-state index is 12.3. The van der Waals surface area contributed by atoms with Gasteiger partial charge in [-0.05, 0) is 24.6 Å². The summed E-state index contributed by atoms with van der Waals surface area (Å²) in [5.74, 6) is 0. The molecule has 2 aromatic carbocycles. The highest BCUT2D eigenvalue weighted by molar-refractivity contribution is 5.74. The summed E-state index contributed by atoms with van der Waals surface area (Å²) in [6.45, 7) is 5.92. The molecule has 2 amide bonds. The number of benzene rings is 2. The van der Waals surface area contributed by atoms with E-state index in [0.29, 0.717) is 6.54 Å². The van der Waals surface area contributed by atoms with Crippen LogP contribution in [0.25, 0.3) is 0 Å². The molecule has 0 spiro atoms. The first-order chi connectivity index (χ1) is 11.2. The molecule has 120 valence electrons. The van der Waals surface area contributed by atoms with E-state index in [4.69, 9.17) is 0 Å². The number of nitrogens with one attached hydrogen (secondary N) is 1. The number of carbonyl (C=O) groups is 1. The number of hydrogen-bond acceptors (Lipinski definition) is 2. The van der Waals surface area contributed by atoms with Gasteiger partial charge in [-0.15, -0.1) is 0 Å². The number of para-hydroxylation sites is 1. The van der Waals surface area contributed by atoms with Crippen LogP contribution in [0.1, 0.15) is 11.1 Å².